The molecular weight excluding hydrogens is 482 g/mol. The van der Waals surface area contributed by atoms with Crippen LogP contribution in [0.4, 0.5) is 0 Å². The molecule has 4 aromatic rings. The highest BCUT2D eigenvalue weighted by molar-refractivity contribution is 7.80. The average molecular weight is 512 g/mol. The van der Waals surface area contributed by atoms with Crippen LogP contribution >= 0.6 is 12.6 Å². The first-order chi connectivity index (χ1) is 18.2. The quantitative estimate of drug-likeness (QED) is 0.205. The summed E-state index contributed by atoms with van der Waals surface area (Å²) in [6.45, 7) is -0.169. The fourth-order valence-electron chi connectivity index (χ4n) is 3.97. The third-order valence-electron chi connectivity index (χ3n) is 5.85. The molecule has 0 spiro atoms. The van der Waals surface area contributed by atoms with Crippen molar-refractivity contribution < 1.29 is 19.1 Å². The molecule has 0 radical (unpaired) electrons. The van der Waals surface area contributed by atoms with Crippen LogP contribution in [0.1, 0.15) is 34.5 Å². The average Bonchev–Trinajstić information content (AvgIpc) is 2.97. The highest BCUT2D eigenvalue weighted by atomic mass is 32.1. The molecule has 0 amide bonds. The summed E-state index contributed by atoms with van der Waals surface area (Å²) in [6, 6.07) is 37.4. The van der Waals surface area contributed by atoms with Crippen LogP contribution in [0.5, 0.6) is 0 Å². The van der Waals surface area contributed by atoms with E-state index in [0.29, 0.717) is 0 Å². The lowest BCUT2D eigenvalue weighted by molar-refractivity contribution is -0.150. The maximum absolute atomic E-state index is 13.1. The highest BCUT2D eigenvalue weighted by Crippen LogP contribution is 2.27. The molecule has 0 saturated heterocycles. The number of carbonyl (C=O) groups is 2. The van der Waals surface area contributed by atoms with Crippen LogP contribution in [-0.4, -0.2) is 30.3 Å². The van der Waals surface area contributed by atoms with Gasteiger partial charge in [0.05, 0.1) is 6.54 Å². The lowest BCUT2D eigenvalue weighted by Gasteiger charge is -2.23. The van der Waals surface area contributed by atoms with Crippen LogP contribution in [0.2, 0.25) is 0 Å². The van der Waals surface area contributed by atoms with Gasteiger partial charge in [-0.15, -0.1) is 0 Å². The summed E-state index contributed by atoms with van der Waals surface area (Å²) in [7, 11) is 0. The van der Waals surface area contributed by atoms with Crippen molar-refractivity contribution in [3.8, 4) is 0 Å². The summed E-state index contributed by atoms with van der Waals surface area (Å²) in [5.74, 6) is -0.827. The third-order valence-corrected chi connectivity index (χ3v) is 6.22. The molecule has 0 heterocycles. The Bertz CT molecular complexity index is 1170. The predicted molar refractivity (Wildman–Crippen MR) is 147 cm³/mol. The van der Waals surface area contributed by atoms with Crippen molar-refractivity contribution in [2.24, 2.45) is 0 Å². The van der Waals surface area contributed by atoms with Gasteiger partial charge in [0.25, 0.3) is 0 Å². The first-order valence-electron chi connectivity index (χ1n) is 12.1. The number of hydrogen-bond acceptors (Lipinski definition) is 6. The third kappa shape index (κ3) is 7.32. The predicted octanol–water partition coefficient (Wildman–Crippen LogP) is 5.54. The van der Waals surface area contributed by atoms with Crippen LogP contribution in [0.15, 0.2) is 121 Å². The Kier molecular flexibility index (Phi) is 9.52. The van der Waals surface area contributed by atoms with Crippen LogP contribution in [0, 0.1) is 0 Å². The molecule has 0 unspecified atom stereocenters. The molecule has 1 atom stereocenters. The summed E-state index contributed by atoms with van der Waals surface area (Å²) >= 11 is 4.32. The van der Waals surface area contributed by atoms with Crippen molar-refractivity contribution in [3.05, 3.63) is 144 Å². The number of nitrogens with one attached hydrogen (secondary N) is 1. The maximum atomic E-state index is 13.1. The first-order valence-corrected chi connectivity index (χ1v) is 12.7. The first kappa shape index (κ1) is 26.2. The Hall–Kier alpha value is -3.87. The van der Waals surface area contributed by atoms with Gasteiger partial charge in [0, 0.05) is 5.75 Å². The Morgan fingerprint density at radius 1 is 0.595 bits per heavy atom. The van der Waals surface area contributed by atoms with Crippen molar-refractivity contribution in [2.45, 2.75) is 18.2 Å². The van der Waals surface area contributed by atoms with E-state index >= 15 is 0 Å². The Labute approximate surface area is 222 Å². The fraction of sp³-hybridized carbons (Fsp3) is 0.161. The van der Waals surface area contributed by atoms with E-state index < -0.39 is 30.2 Å². The van der Waals surface area contributed by atoms with Gasteiger partial charge in [0.2, 0.25) is 0 Å². The Balaban J connectivity index is 1.42. The topological polar surface area (TPSA) is 64.6 Å². The van der Waals surface area contributed by atoms with Gasteiger partial charge in [-0.3, -0.25) is 14.9 Å². The molecule has 5 nitrogen and oxygen atoms in total. The van der Waals surface area contributed by atoms with E-state index in [1.54, 1.807) is 0 Å². The van der Waals surface area contributed by atoms with Crippen molar-refractivity contribution >= 4 is 24.6 Å². The molecule has 37 heavy (non-hydrogen) atoms. The molecule has 0 fully saturated rings. The summed E-state index contributed by atoms with van der Waals surface area (Å²) in [4.78, 5) is 26.0. The molecule has 0 bridgehead atoms. The van der Waals surface area contributed by atoms with Crippen molar-refractivity contribution in [2.75, 3.05) is 12.3 Å². The van der Waals surface area contributed by atoms with Crippen LogP contribution in [-0.2, 0) is 19.1 Å². The molecule has 0 aliphatic heterocycles. The smallest absolute Gasteiger partial charge is 0.324 e. The van der Waals surface area contributed by atoms with Gasteiger partial charge in [-0.1, -0.05) is 121 Å². The fourth-order valence-corrected chi connectivity index (χ4v) is 4.25. The molecule has 4 aromatic carbocycles. The lowest BCUT2D eigenvalue weighted by atomic mass is 10.0. The van der Waals surface area contributed by atoms with Gasteiger partial charge in [-0.25, -0.2) is 0 Å². The van der Waals surface area contributed by atoms with E-state index in [9.17, 15) is 9.59 Å². The van der Waals surface area contributed by atoms with Gasteiger partial charge in [0.1, 0.15) is 6.04 Å². The number of carbonyl (C=O) groups excluding carboxylic acids is 2. The Morgan fingerprint density at radius 3 is 1.30 bits per heavy atom. The highest BCUT2D eigenvalue weighted by Gasteiger charge is 2.26. The van der Waals surface area contributed by atoms with Crippen LogP contribution in [0.3, 0.4) is 0 Å². The molecule has 0 saturated carbocycles. The minimum atomic E-state index is -0.794. The second kappa shape index (κ2) is 13.4. The number of rotatable bonds is 11. The van der Waals surface area contributed by atoms with E-state index in [4.69, 9.17) is 9.47 Å². The van der Waals surface area contributed by atoms with Gasteiger partial charge in [-0.05, 0) is 22.3 Å². The van der Waals surface area contributed by atoms with Crippen molar-refractivity contribution in [3.63, 3.8) is 0 Å². The number of esters is 2. The molecule has 0 aliphatic carbocycles. The zero-order valence-corrected chi connectivity index (χ0v) is 21.2. The van der Waals surface area contributed by atoms with E-state index in [-0.39, 0.29) is 12.3 Å². The van der Waals surface area contributed by atoms with Crippen LogP contribution < -0.4 is 5.32 Å². The van der Waals surface area contributed by atoms with Crippen LogP contribution in [0.25, 0.3) is 0 Å². The SMILES string of the molecule is O=C(CN[C@@H](CS)C(=O)OC(c1ccccc1)c1ccccc1)OC(c1ccccc1)c1ccccc1. The van der Waals surface area contributed by atoms with E-state index in [0.717, 1.165) is 22.3 Å². The Morgan fingerprint density at radius 2 is 0.946 bits per heavy atom. The monoisotopic (exact) mass is 511 g/mol. The summed E-state index contributed by atoms with van der Waals surface area (Å²) in [6.07, 6.45) is -1.13. The summed E-state index contributed by atoms with van der Waals surface area (Å²) in [5.41, 5.74) is 3.43. The number of benzene rings is 4. The maximum Gasteiger partial charge on any atom is 0.324 e. The van der Waals surface area contributed by atoms with E-state index in [2.05, 4.69) is 17.9 Å². The second-order valence-electron chi connectivity index (χ2n) is 8.45. The zero-order chi connectivity index (χ0) is 25.9. The summed E-state index contributed by atoms with van der Waals surface area (Å²) in [5, 5.41) is 2.96. The van der Waals surface area contributed by atoms with E-state index in [1.807, 2.05) is 121 Å². The normalized spacial score (nSPS) is 11.8. The molecule has 1 N–H and O–H groups in total. The number of thiol groups is 1. The van der Waals surface area contributed by atoms with Gasteiger partial charge < -0.3 is 9.47 Å². The number of hydrogen-bond donors (Lipinski definition) is 2. The molecule has 4 rings (SSSR count). The molecular formula is C31H29NO4S. The van der Waals surface area contributed by atoms with Gasteiger partial charge in [0.15, 0.2) is 12.2 Å². The van der Waals surface area contributed by atoms with Crippen molar-refractivity contribution in [1.82, 2.24) is 5.32 Å². The second-order valence-corrected chi connectivity index (χ2v) is 8.81. The minimum Gasteiger partial charge on any atom is -0.452 e. The minimum absolute atomic E-state index is 0.156. The number of ether oxygens (including phenoxy) is 2. The van der Waals surface area contributed by atoms with Gasteiger partial charge in [-0.2, -0.15) is 12.6 Å². The molecule has 0 aromatic heterocycles. The molecule has 0 aliphatic rings. The van der Waals surface area contributed by atoms with Gasteiger partial charge >= 0.3 is 11.9 Å². The summed E-state index contributed by atoms with van der Waals surface area (Å²) < 4.78 is 11.8. The lowest BCUT2D eigenvalue weighted by Crippen LogP contribution is -2.43. The largest absolute Gasteiger partial charge is 0.452 e. The molecule has 6 heteroatoms. The zero-order valence-electron chi connectivity index (χ0n) is 20.3. The molecule has 188 valence electrons. The van der Waals surface area contributed by atoms with Crippen molar-refractivity contribution in [1.29, 1.82) is 0 Å². The van der Waals surface area contributed by atoms with E-state index in [1.165, 1.54) is 0 Å². The standard InChI is InChI=1S/C31H29NO4S/c33-28(35-29(23-13-5-1-6-14-23)24-15-7-2-8-16-24)21-32-27(22-37)31(34)36-30(25-17-9-3-10-18-25)26-19-11-4-12-20-26/h1-20,27,29-30,32,37H,21-22H2/t27-/m0/s1.